The molecule has 2 heterocycles. The number of carbonyl (C=O) groups is 1. The maximum atomic E-state index is 13.2. The summed E-state index contributed by atoms with van der Waals surface area (Å²) in [6, 6.07) is 15.6. The van der Waals surface area contributed by atoms with E-state index < -0.39 is 51.2 Å². The van der Waals surface area contributed by atoms with Crippen LogP contribution in [0.4, 0.5) is 0 Å². The van der Waals surface area contributed by atoms with E-state index in [1.165, 1.54) is 0 Å². The summed E-state index contributed by atoms with van der Waals surface area (Å²) in [6.07, 6.45) is -3.88. The van der Waals surface area contributed by atoms with E-state index in [4.69, 9.17) is 23.4 Å². The van der Waals surface area contributed by atoms with Crippen molar-refractivity contribution in [2.24, 2.45) is 5.11 Å². The molecule has 6 atom stereocenters. The molecule has 0 bridgehead atoms. The maximum absolute atomic E-state index is 13.2. The summed E-state index contributed by atoms with van der Waals surface area (Å²) in [7, 11) is -2.36. The molecule has 0 saturated carbocycles. The van der Waals surface area contributed by atoms with Crippen molar-refractivity contribution < 1.29 is 28.2 Å². The highest BCUT2D eigenvalue weighted by atomic mass is 28.4. The predicted octanol–water partition coefficient (Wildman–Crippen LogP) is 6.06. The van der Waals surface area contributed by atoms with Crippen LogP contribution in [0.5, 0.6) is 0 Å². The van der Waals surface area contributed by atoms with Crippen molar-refractivity contribution in [1.29, 1.82) is 0 Å². The lowest BCUT2D eigenvalue weighted by atomic mass is 9.96. The lowest BCUT2D eigenvalue weighted by Gasteiger charge is -2.50. The molecule has 0 aliphatic carbocycles. The normalized spacial score (nSPS) is 28.1. The van der Waals surface area contributed by atoms with Gasteiger partial charge in [0.25, 0.3) is 0 Å². The Morgan fingerprint density at radius 1 is 1.08 bits per heavy atom. The van der Waals surface area contributed by atoms with Gasteiger partial charge in [-0.3, -0.25) is 0 Å². The van der Waals surface area contributed by atoms with E-state index in [0.29, 0.717) is 5.56 Å². The average molecular weight is 526 g/mol. The average Bonchev–Trinajstić information content (AvgIpc) is 2.86. The summed E-state index contributed by atoms with van der Waals surface area (Å²) in [5, 5.41) is 3.89. The topological polar surface area (TPSA) is 112 Å². The molecule has 37 heavy (non-hydrogen) atoms. The summed E-state index contributed by atoms with van der Waals surface area (Å²) in [6.45, 7) is 12.7. The molecule has 10 heteroatoms. The second kappa shape index (κ2) is 10.9. The van der Waals surface area contributed by atoms with Crippen molar-refractivity contribution in [2.75, 3.05) is 6.61 Å². The smallest absolute Gasteiger partial charge is 0.338 e. The largest absolute Gasteiger partial charge is 0.455 e. The van der Waals surface area contributed by atoms with Crippen LogP contribution in [-0.2, 0) is 23.4 Å². The van der Waals surface area contributed by atoms with E-state index in [0.717, 1.165) is 11.1 Å². The quantitative estimate of drug-likeness (QED) is 0.149. The minimum Gasteiger partial charge on any atom is -0.455 e. The summed E-state index contributed by atoms with van der Waals surface area (Å²) in [5.41, 5.74) is 11.8. The van der Waals surface area contributed by atoms with E-state index in [9.17, 15) is 10.3 Å². The number of rotatable bonds is 6. The molecule has 198 valence electrons. The van der Waals surface area contributed by atoms with E-state index in [-0.39, 0.29) is 11.6 Å². The molecule has 2 aliphatic heterocycles. The molecule has 2 saturated heterocycles. The fraction of sp³-hybridized carbons (Fsp3) is 0.519. The number of carbonyl (C=O) groups excluding carboxylic acids is 1. The molecule has 0 amide bonds. The molecule has 0 spiro atoms. The summed E-state index contributed by atoms with van der Waals surface area (Å²) in [5.74, 6) is -0.544. The number of esters is 1. The van der Waals surface area contributed by atoms with Crippen LogP contribution >= 0.6 is 0 Å². The van der Waals surface area contributed by atoms with Crippen LogP contribution in [0, 0.1) is 6.92 Å². The van der Waals surface area contributed by atoms with Gasteiger partial charge >= 0.3 is 5.97 Å². The lowest BCUT2D eigenvalue weighted by molar-refractivity contribution is -0.332. The fourth-order valence-electron chi connectivity index (χ4n) is 4.10. The van der Waals surface area contributed by atoms with E-state index in [1.54, 1.807) is 24.3 Å². The van der Waals surface area contributed by atoms with Crippen LogP contribution < -0.4 is 0 Å². The lowest BCUT2D eigenvalue weighted by Crippen LogP contribution is -2.64. The molecular formula is C27H35N3O6Si. The van der Waals surface area contributed by atoms with Crippen molar-refractivity contribution >= 4 is 14.3 Å². The monoisotopic (exact) mass is 525 g/mol. The maximum Gasteiger partial charge on any atom is 0.338 e. The number of hydrogen-bond donors (Lipinski definition) is 0. The Hall–Kier alpha value is -2.72. The van der Waals surface area contributed by atoms with Crippen LogP contribution in [-0.4, -0.2) is 51.5 Å². The molecule has 0 N–H and O–H groups in total. The first kappa shape index (κ1) is 27.3. The third-order valence-corrected chi connectivity index (χ3v) is 11.7. The minimum absolute atomic E-state index is 0.125. The van der Waals surface area contributed by atoms with E-state index in [1.807, 2.05) is 37.3 Å². The Morgan fingerprint density at radius 3 is 2.38 bits per heavy atom. The Bertz CT molecular complexity index is 1130. The number of hydrogen-bond acceptors (Lipinski definition) is 7. The van der Waals surface area contributed by atoms with Crippen molar-refractivity contribution in [3.05, 3.63) is 81.7 Å². The zero-order chi connectivity index (χ0) is 26.8. The summed E-state index contributed by atoms with van der Waals surface area (Å²) < 4.78 is 31.2. The van der Waals surface area contributed by atoms with Crippen LogP contribution in [0.1, 0.15) is 48.5 Å². The number of aryl methyl sites for hydroxylation is 1. The molecule has 2 fully saturated rings. The van der Waals surface area contributed by atoms with Crippen LogP contribution in [0.15, 0.2) is 59.7 Å². The molecule has 2 aromatic carbocycles. The van der Waals surface area contributed by atoms with Gasteiger partial charge in [-0.05, 0) is 42.7 Å². The number of fused-ring (bicyclic) bond motifs is 1. The van der Waals surface area contributed by atoms with E-state index >= 15 is 0 Å². The highest BCUT2D eigenvalue weighted by Crippen LogP contribution is 2.42. The first-order valence-electron chi connectivity index (χ1n) is 12.5. The van der Waals surface area contributed by atoms with Gasteiger partial charge in [-0.25, -0.2) is 4.79 Å². The van der Waals surface area contributed by atoms with Crippen molar-refractivity contribution in [3.8, 4) is 0 Å². The van der Waals surface area contributed by atoms with Gasteiger partial charge in [0.05, 0.1) is 12.2 Å². The summed E-state index contributed by atoms with van der Waals surface area (Å²) in [4.78, 5) is 16.2. The fourth-order valence-corrected chi connectivity index (χ4v) is 5.23. The highest BCUT2D eigenvalue weighted by molar-refractivity contribution is 6.74. The standard InChI is InChI=1S/C27H35N3O6Si/c1-17-12-14-19(15-13-17)25-32-16-20-22(35-25)23(34-24(31)18-10-8-7-9-11-18)21(29-30-28)26(33-20)36-37(5,6)27(2,3)4/h7-15,20-23,25-26H,16H2,1-6H3/t20-,21-,22-,23-,25?,26+/m1/s1. The van der Waals surface area contributed by atoms with Gasteiger partial charge in [-0.1, -0.05) is 73.9 Å². The van der Waals surface area contributed by atoms with Crippen molar-refractivity contribution in [3.63, 3.8) is 0 Å². The van der Waals surface area contributed by atoms with Gasteiger partial charge in [-0.15, -0.1) is 0 Å². The van der Waals surface area contributed by atoms with Gasteiger partial charge < -0.3 is 23.4 Å². The Labute approximate surface area is 218 Å². The van der Waals surface area contributed by atoms with Crippen LogP contribution in [0.25, 0.3) is 10.4 Å². The molecule has 4 rings (SSSR count). The van der Waals surface area contributed by atoms with Gasteiger partial charge in [0.2, 0.25) is 0 Å². The Kier molecular flexibility index (Phi) is 8.08. The number of nitrogens with zero attached hydrogens (tertiary/aromatic N) is 3. The second-order valence-electron chi connectivity index (χ2n) is 11.0. The number of benzene rings is 2. The zero-order valence-corrected chi connectivity index (χ0v) is 23.2. The molecule has 0 radical (unpaired) electrons. The first-order chi connectivity index (χ1) is 17.5. The third-order valence-electron chi connectivity index (χ3n) is 7.31. The van der Waals surface area contributed by atoms with Gasteiger partial charge in [0.15, 0.2) is 20.9 Å². The van der Waals surface area contributed by atoms with Crippen molar-refractivity contribution in [2.45, 2.75) is 82.8 Å². The van der Waals surface area contributed by atoms with Crippen LogP contribution in [0.2, 0.25) is 18.1 Å². The SMILES string of the molecule is Cc1ccc(C2OC[C@H]3O[C@@H](O[Si](C)(C)C(C)(C)C)[C@H](N=[N+]=[N-])[C@@H](OC(=O)c4ccccc4)[C@@H]3O2)cc1. The Balaban J connectivity index is 1.67. The summed E-state index contributed by atoms with van der Waals surface area (Å²) >= 11 is 0. The highest BCUT2D eigenvalue weighted by Gasteiger charge is 2.54. The Morgan fingerprint density at radius 2 is 1.76 bits per heavy atom. The van der Waals surface area contributed by atoms with E-state index in [2.05, 4.69) is 43.9 Å². The molecule has 0 aromatic heterocycles. The van der Waals surface area contributed by atoms with Crippen LogP contribution in [0.3, 0.4) is 0 Å². The van der Waals surface area contributed by atoms with Gasteiger partial charge in [0.1, 0.15) is 24.4 Å². The molecule has 9 nitrogen and oxygen atoms in total. The second-order valence-corrected chi connectivity index (χ2v) is 15.8. The molecule has 2 aliphatic rings. The third kappa shape index (κ3) is 6.06. The van der Waals surface area contributed by atoms with Gasteiger partial charge in [0, 0.05) is 10.5 Å². The molecule has 2 aromatic rings. The number of ether oxygens (including phenoxy) is 4. The van der Waals surface area contributed by atoms with Gasteiger partial charge in [-0.2, -0.15) is 0 Å². The zero-order valence-electron chi connectivity index (χ0n) is 22.2. The van der Waals surface area contributed by atoms with Crippen molar-refractivity contribution in [1.82, 2.24) is 0 Å². The molecule has 1 unspecified atom stereocenters. The predicted molar refractivity (Wildman–Crippen MR) is 140 cm³/mol. The molecular weight excluding hydrogens is 490 g/mol. The minimum atomic E-state index is -2.36. The first-order valence-corrected chi connectivity index (χ1v) is 15.4. The number of azide groups is 1.